The molecule has 0 saturated carbocycles. The van der Waals surface area contributed by atoms with E-state index >= 15 is 0 Å². The Kier molecular flexibility index (Phi) is 5.13. The van der Waals surface area contributed by atoms with Crippen molar-refractivity contribution in [3.05, 3.63) is 38.8 Å². The molecule has 0 bridgehead atoms. The van der Waals surface area contributed by atoms with Crippen LogP contribution in [0, 0.1) is 0 Å². The summed E-state index contributed by atoms with van der Waals surface area (Å²) in [7, 11) is 1.33. The van der Waals surface area contributed by atoms with E-state index < -0.39 is 0 Å². The predicted molar refractivity (Wildman–Crippen MR) is 67.1 cm³/mol. The molecule has 0 aromatic heterocycles. The van der Waals surface area contributed by atoms with Crippen LogP contribution in [0.5, 0.6) is 0 Å². The summed E-state index contributed by atoms with van der Waals surface area (Å²) in [5.74, 6) is -0.319. The number of esters is 1. The summed E-state index contributed by atoms with van der Waals surface area (Å²) in [6.07, 6.45) is 3.49. The Hall–Kier alpha value is -0.700. The molecule has 0 aliphatic rings. The Morgan fingerprint density at radius 2 is 2.06 bits per heavy atom. The van der Waals surface area contributed by atoms with Crippen molar-refractivity contribution in [3.63, 3.8) is 0 Å². The highest BCUT2D eigenvalue weighted by molar-refractivity contribution is 6.44. The molecule has 0 saturated heterocycles. The maximum Gasteiger partial charge on any atom is 0.309 e. The van der Waals surface area contributed by atoms with E-state index in [0.29, 0.717) is 20.6 Å². The lowest BCUT2D eigenvalue weighted by molar-refractivity contribution is -0.139. The second kappa shape index (κ2) is 6.14. The zero-order chi connectivity index (χ0) is 12.1. The molecule has 1 aromatic rings. The van der Waals surface area contributed by atoms with E-state index in [1.54, 1.807) is 24.3 Å². The Morgan fingerprint density at radius 3 is 2.69 bits per heavy atom. The molecule has 1 aromatic carbocycles. The molecule has 0 fully saturated rings. The molecule has 2 nitrogen and oxygen atoms in total. The monoisotopic (exact) mass is 278 g/mol. The lowest BCUT2D eigenvalue weighted by atomic mass is 10.2. The summed E-state index contributed by atoms with van der Waals surface area (Å²) in [6.45, 7) is 0. The number of halogens is 3. The Labute approximate surface area is 109 Å². The molecule has 1 rings (SSSR count). The Bertz CT molecular complexity index is 427. The molecule has 0 aliphatic heterocycles. The van der Waals surface area contributed by atoms with E-state index in [0.717, 1.165) is 0 Å². The van der Waals surface area contributed by atoms with Gasteiger partial charge in [0.2, 0.25) is 0 Å². The Balaban J connectivity index is 2.85. The summed E-state index contributed by atoms with van der Waals surface area (Å²) in [4.78, 5) is 10.9. The van der Waals surface area contributed by atoms with Gasteiger partial charge in [0.05, 0.1) is 23.6 Å². The fraction of sp³-hybridized carbons (Fsp3) is 0.182. The molecule has 0 N–H and O–H groups in total. The predicted octanol–water partition coefficient (Wildman–Crippen LogP) is 4.22. The molecule has 86 valence electrons. The van der Waals surface area contributed by atoms with Crippen LogP contribution in [0.1, 0.15) is 12.0 Å². The first kappa shape index (κ1) is 13.4. The van der Waals surface area contributed by atoms with E-state index in [-0.39, 0.29) is 12.4 Å². The number of methoxy groups -OCH3 is 1. The minimum absolute atomic E-state index is 0.178. The number of hydrogen-bond acceptors (Lipinski definition) is 2. The number of rotatable bonds is 3. The molecule has 0 radical (unpaired) electrons. The molecule has 5 heteroatoms. The lowest BCUT2D eigenvalue weighted by Crippen LogP contribution is -1.96. The molecule has 0 amide bonds. The fourth-order valence-electron chi connectivity index (χ4n) is 1.06. The maximum atomic E-state index is 10.9. The van der Waals surface area contributed by atoms with Crippen molar-refractivity contribution >= 4 is 46.8 Å². The first-order chi connectivity index (χ1) is 7.54. The summed E-state index contributed by atoms with van der Waals surface area (Å²) in [6, 6.07) is 3.23. The van der Waals surface area contributed by atoms with Gasteiger partial charge in [-0.3, -0.25) is 4.79 Å². The van der Waals surface area contributed by atoms with Crippen molar-refractivity contribution in [2.45, 2.75) is 6.42 Å². The van der Waals surface area contributed by atoms with Crippen LogP contribution in [0.2, 0.25) is 15.1 Å². The van der Waals surface area contributed by atoms with E-state index in [9.17, 15) is 4.79 Å². The number of hydrogen-bond donors (Lipinski definition) is 0. The van der Waals surface area contributed by atoms with Crippen LogP contribution in [-0.4, -0.2) is 13.1 Å². The first-order valence-electron chi connectivity index (χ1n) is 4.42. The van der Waals surface area contributed by atoms with E-state index in [1.165, 1.54) is 7.11 Å². The van der Waals surface area contributed by atoms with Gasteiger partial charge in [0.15, 0.2) is 0 Å². The molecular formula is C11H9Cl3O2. The zero-order valence-corrected chi connectivity index (χ0v) is 10.7. The van der Waals surface area contributed by atoms with Crippen LogP contribution in [0.15, 0.2) is 18.2 Å². The molecule has 0 unspecified atom stereocenters. The largest absolute Gasteiger partial charge is 0.469 e. The van der Waals surface area contributed by atoms with Crippen molar-refractivity contribution in [2.75, 3.05) is 7.11 Å². The van der Waals surface area contributed by atoms with E-state index in [4.69, 9.17) is 34.8 Å². The maximum absolute atomic E-state index is 10.9. The van der Waals surface area contributed by atoms with Gasteiger partial charge < -0.3 is 4.74 Å². The molecule has 0 spiro atoms. The second-order valence-electron chi connectivity index (χ2n) is 2.97. The van der Waals surface area contributed by atoms with Crippen LogP contribution < -0.4 is 0 Å². The SMILES string of the molecule is COC(=O)CC=Cc1cc(Cl)cc(Cl)c1Cl. The van der Waals surface area contributed by atoms with Gasteiger partial charge in [0, 0.05) is 5.02 Å². The van der Waals surface area contributed by atoms with Gasteiger partial charge in [-0.2, -0.15) is 0 Å². The van der Waals surface area contributed by atoms with Crippen LogP contribution in [0.3, 0.4) is 0 Å². The topological polar surface area (TPSA) is 26.3 Å². The number of benzene rings is 1. The van der Waals surface area contributed by atoms with Crippen molar-refractivity contribution in [1.82, 2.24) is 0 Å². The fourth-order valence-corrected chi connectivity index (χ4v) is 1.74. The van der Waals surface area contributed by atoms with Crippen molar-refractivity contribution in [1.29, 1.82) is 0 Å². The highest BCUT2D eigenvalue weighted by Gasteiger charge is 2.04. The highest BCUT2D eigenvalue weighted by Crippen LogP contribution is 2.30. The average Bonchev–Trinajstić information content (AvgIpc) is 2.24. The van der Waals surface area contributed by atoms with Crippen LogP contribution >= 0.6 is 34.8 Å². The van der Waals surface area contributed by atoms with Crippen LogP contribution in [-0.2, 0) is 9.53 Å². The van der Waals surface area contributed by atoms with Crippen molar-refractivity contribution in [2.24, 2.45) is 0 Å². The minimum Gasteiger partial charge on any atom is -0.469 e. The van der Waals surface area contributed by atoms with Gasteiger partial charge in [-0.05, 0) is 17.7 Å². The van der Waals surface area contributed by atoms with Gasteiger partial charge in [0.1, 0.15) is 0 Å². The third-order valence-electron chi connectivity index (χ3n) is 1.83. The van der Waals surface area contributed by atoms with Crippen molar-refractivity contribution in [3.8, 4) is 0 Å². The average molecular weight is 280 g/mol. The lowest BCUT2D eigenvalue weighted by Gasteiger charge is -2.02. The summed E-state index contributed by atoms with van der Waals surface area (Å²) in [5.41, 5.74) is 0.670. The van der Waals surface area contributed by atoms with E-state index in [1.807, 2.05) is 0 Å². The van der Waals surface area contributed by atoms with Gasteiger partial charge in [0.25, 0.3) is 0 Å². The van der Waals surface area contributed by atoms with Crippen LogP contribution in [0.25, 0.3) is 6.08 Å². The highest BCUT2D eigenvalue weighted by atomic mass is 35.5. The van der Waals surface area contributed by atoms with Crippen molar-refractivity contribution < 1.29 is 9.53 Å². The van der Waals surface area contributed by atoms with Crippen LogP contribution in [0.4, 0.5) is 0 Å². The minimum atomic E-state index is -0.319. The Morgan fingerprint density at radius 1 is 1.38 bits per heavy atom. The van der Waals surface area contributed by atoms with Gasteiger partial charge in [-0.1, -0.05) is 47.0 Å². The summed E-state index contributed by atoms with van der Waals surface area (Å²) < 4.78 is 4.49. The molecule has 0 heterocycles. The molecule has 0 aliphatic carbocycles. The molecular weight excluding hydrogens is 270 g/mol. The molecule has 0 atom stereocenters. The first-order valence-corrected chi connectivity index (χ1v) is 5.56. The van der Waals surface area contributed by atoms with Gasteiger partial charge in [-0.25, -0.2) is 0 Å². The quantitative estimate of drug-likeness (QED) is 0.611. The van der Waals surface area contributed by atoms with Gasteiger partial charge >= 0.3 is 5.97 Å². The smallest absolute Gasteiger partial charge is 0.309 e. The zero-order valence-electron chi connectivity index (χ0n) is 8.47. The number of carbonyl (C=O) groups excluding carboxylic acids is 1. The third-order valence-corrected chi connectivity index (χ3v) is 2.87. The standard InChI is InChI=1S/C11H9Cl3O2/c1-16-10(15)4-2-3-7-5-8(12)6-9(13)11(7)14/h2-3,5-6H,4H2,1H3. The summed E-state index contributed by atoms with van der Waals surface area (Å²) in [5, 5.41) is 1.28. The summed E-state index contributed by atoms with van der Waals surface area (Å²) >= 11 is 17.6. The normalized spacial score (nSPS) is 10.8. The van der Waals surface area contributed by atoms with Gasteiger partial charge in [-0.15, -0.1) is 0 Å². The third kappa shape index (κ3) is 3.71. The number of ether oxygens (including phenoxy) is 1. The van der Waals surface area contributed by atoms with E-state index in [2.05, 4.69) is 4.74 Å². The second-order valence-corrected chi connectivity index (χ2v) is 4.20. The molecule has 16 heavy (non-hydrogen) atoms. The number of carbonyl (C=O) groups is 1.